The summed E-state index contributed by atoms with van der Waals surface area (Å²) in [7, 11) is 0. The van der Waals surface area contributed by atoms with Gasteiger partial charge in [-0.05, 0) is 19.4 Å². The predicted octanol–water partition coefficient (Wildman–Crippen LogP) is 2.57. The zero-order valence-electron chi connectivity index (χ0n) is 12.6. The van der Waals surface area contributed by atoms with Crippen LogP contribution in [0.2, 0.25) is 0 Å². The molecule has 2 rings (SSSR count). The average molecular weight is 286 g/mol. The van der Waals surface area contributed by atoms with Gasteiger partial charge in [0.1, 0.15) is 0 Å². The number of urea groups is 1. The maximum atomic E-state index is 12.5. The van der Waals surface area contributed by atoms with Crippen molar-refractivity contribution in [3.05, 3.63) is 35.9 Å². The molecule has 0 bridgehead atoms. The number of hydrogen-bond donors (Lipinski definition) is 1. The molecular formula is C17H22N2O2. The van der Waals surface area contributed by atoms with E-state index in [1.807, 2.05) is 49.1 Å². The van der Waals surface area contributed by atoms with E-state index in [4.69, 9.17) is 11.2 Å². The van der Waals surface area contributed by atoms with Crippen LogP contribution in [0.3, 0.4) is 0 Å². The molecule has 3 atom stereocenters. The third-order valence-electron chi connectivity index (χ3n) is 3.69. The largest absolute Gasteiger partial charge is 0.375 e. The molecular weight excluding hydrogens is 264 g/mol. The summed E-state index contributed by atoms with van der Waals surface area (Å²) in [4.78, 5) is 14.3. The lowest BCUT2D eigenvalue weighted by Gasteiger charge is -2.37. The molecule has 112 valence electrons. The summed E-state index contributed by atoms with van der Waals surface area (Å²) in [5, 5.41) is 3.04. The molecule has 0 aromatic heterocycles. The van der Waals surface area contributed by atoms with E-state index in [1.54, 1.807) is 0 Å². The highest BCUT2D eigenvalue weighted by Crippen LogP contribution is 2.18. The fourth-order valence-electron chi connectivity index (χ4n) is 2.47. The molecule has 1 aromatic rings. The van der Waals surface area contributed by atoms with Gasteiger partial charge in [-0.3, -0.25) is 0 Å². The van der Waals surface area contributed by atoms with Crippen LogP contribution in [-0.2, 0) is 4.74 Å². The third kappa shape index (κ3) is 3.99. The van der Waals surface area contributed by atoms with Crippen LogP contribution in [0, 0.1) is 12.3 Å². The molecule has 21 heavy (non-hydrogen) atoms. The molecule has 1 heterocycles. The summed E-state index contributed by atoms with van der Waals surface area (Å²) in [6.45, 7) is 5.14. The van der Waals surface area contributed by atoms with Crippen molar-refractivity contribution in [2.24, 2.45) is 0 Å². The number of nitrogens with zero attached hydrogens (tertiary/aromatic N) is 1. The van der Waals surface area contributed by atoms with Gasteiger partial charge in [0, 0.05) is 13.0 Å². The van der Waals surface area contributed by atoms with Crippen LogP contribution in [0.15, 0.2) is 30.3 Å². The Morgan fingerprint density at radius 1 is 1.48 bits per heavy atom. The van der Waals surface area contributed by atoms with Crippen LogP contribution in [0.5, 0.6) is 0 Å². The number of ether oxygens (including phenoxy) is 1. The number of terminal acetylenes is 1. The highest BCUT2D eigenvalue weighted by atomic mass is 16.5. The average Bonchev–Trinajstić information content (AvgIpc) is 2.50. The number of carbonyl (C=O) groups excluding carboxylic acids is 1. The lowest BCUT2D eigenvalue weighted by Crippen LogP contribution is -2.54. The molecule has 1 aliphatic heterocycles. The van der Waals surface area contributed by atoms with Gasteiger partial charge < -0.3 is 15.0 Å². The summed E-state index contributed by atoms with van der Waals surface area (Å²) in [5.41, 5.74) is 1.03. The maximum Gasteiger partial charge on any atom is 0.318 e. The van der Waals surface area contributed by atoms with E-state index in [0.717, 1.165) is 5.56 Å². The highest BCUT2D eigenvalue weighted by molar-refractivity contribution is 5.75. The molecule has 0 saturated carbocycles. The first-order chi connectivity index (χ1) is 10.1. The monoisotopic (exact) mass is 286 g/mol. The number of hydrogen-bond acceptors (Lipinski definition) is 2. The van der Waals surface area contributed by atoms with Gasteiger partial charge in [-0.2, -0.15) is 0 Å². The normalized spacial score (nSPS) is 23.2. The minimum atomic E-state index is -0.158. The number of carbonyl (C=O) groups is 1. The van der Waals surface area contributed by atoms with Crippen molar-refractivity contribution in [1.82, 2.24) is 10.2 Å². The second-order valence-corrected chi connectivity index (χ2v) is 5.47. The second kappa shape index (κ2) is 7.14. The van der Waals surface area contributed by atoms with Crippen LogP contribution in [0.1, 0.15) is 31.9 Å². The van der Waals surface area contributed by atoms with Crippen LogP contribution in [0.25, 0.3) is 0 Å². The summed E-state index contributed by atoms with van der Waals surface area (Å²) in [6.07, 6.45) is 5.98. The smallest absolute Gasteiger partial charge is 0.318 e. The van der Waals surface area contributed by atoms with Gasteiger partial charge in [-0.1, -0.05) is 30.3 Å². The van der Waals surface area contributed by atoms with Crippen LogP contribution >= 0.6 is 0 Å². The lowest BCUT2D eigenvalue weighted by molar-refractivity contribution is -0.0321. The summed E-state index contributed by atoms with van der Waals surface area (Å²) in [5.74, 6) is 2.64. The highest BCUT2D eigenvalue weighted by Gasteiger charge is 2.28. The molecule has 1 saturated heterocycles. The SMILES string of the molecule is C#CC[C@H](NC(=O)N1C[C@H](C)OC[C@@H]1C)c1ccccc1. The Bertz CT molecular complexity index is 509. The van der Waals surface area contributed by atoms with Crippen molar-refractivity contribution < 1.29 is 9.53 Å². The Labute approximate surface area is 126 Å². The Morgan fingerprint density at radius 3 is 2.86 bits per heavy atom. The zero-order chi connectivity index (χ0) is 15.2. The predicted molar refractivity (Wildman–Crippen MR) is 82.7 cm³/mol. The van der Waals surface area contributed by atoms with Gasteiger partial charge in [-0.25, -0.2) is 4.79 Å². The Hall–Kier alpha value is -1.99. The second-order valence-electron chi connectivity index (χ2n) is 5.47. The van der Waals surface area contributed by atoms with Gasteiger partial charge in [0.2, 0.25) is 0 Å². The molecule has 0 spiro atoms. The first-order valence-corrected chi connectivity index (χ1v) is 7.29. The van der Waals surface area contributed by atoms with Crippen molar-refractivity contribution in [3.63, 3.8) is 0 Å². The number of morpholine rings is 1. The van der Waals surface area contributed by atoms with Gasteiger partial charge in [0.15, 0.2) is 0 Å². The molecule has 1 fully saturated rings. The maximum absolute atomic E-state index is 12.5. The van der Waals surface area contributed by atoms with Crippen LogP contribution in [0.4, 0.5) is 4.79 Å². The lowest BCUT2D eigenvalue weighted by atomic mass is 10.0. The molecule has 4 heteroatoms. The molecule has 1 aromatic carbocycles. The van der Waals surface area contributed by atoms with E-state index in [1.165, 1.54) is 0 Å². The Kier molecular flexibility index (Phi) is 5.24. The number of benzene rings is 1. The summed E-state index contributed by atoms with van der Waals surface area (Å²) in [6, 6.07) is 9.64. The topological polar surface area (TPSA) is 41.6 Å². The molecule has 1 N–H and O–H groups in total. The van der Waals surface area contributed by atoms with E-state index in [9.17, 15) is 4.79 Å². The van der Waals surface area contributed by atoms with Crippen molar-refractivity contribution in [1.29, 1.82) is 0 Å². The molecule has 0 aliphatic carbocycles. The number of amides is 2. The van der Waals surface area contributed by atoms with E-state index in [0.29, 0.717) is 19.6 Å². The number of rotatable bonds is 3. The minimum absolute atomic E-state index is 0.0646. The number of nitrogens with one attached hydrogen (secondary N) is 1. The van der Waals surface area contributed by atoms with E-state index < -0.39 is 0 Å². The minimum Gasteiger partial charge on any atom is -0.375 e. The van der Waals surface area contributed by atoms with Gasteiger partial charge in [-0.15, -0.1) is 12.3 Å². The fraction of sp³-hybridized carbons (Fsp3) is 0.471. The Balaban J connectivity index is 2.06. The zero-order valence-corrected chi connectivity index (χ0v) is 12.6. The first kappa shape index (κ1) is 15.4. The van der Waals surface area contributed by atoms with Crippen LogP contribution < -0.4 is 5.32 Å². The molecule has 0 unspecified atom stereocenters. The van der Waals surface area contributed by atoms with E-state index in [-0.39, 0.29) is 24.2 Å². The van der Waals surface area contributed by atoms with Crippen molar-refractivity contribution in [2.75, 3.05) is 13.2 Å². The van der Waals surface area contributed by atoms with Crippen LogP contribution in [-0.4, -0.2) is 36.2 Å². The van der Waals surface area contributed by atoms with Gasteiger partial charge in [0.25, 0.3) is 0 Å². The van der Waals surface area contributed by atoms with Gasteiger partial charge in [0.05, 0.1) is 24.8 Å². The molecule has 4 nitrogen and oxygen atoms in total. The fourth-order valence-corrected chi connectivity index (χ4v) is 2.47. The first-order valence-electron chi connectivity index (χ1n) is 7.29. The van der Waals surface area contributed by atoms with Crippen molar-refractivity contribution >= 4 is 6.03 Å². The third-order valence-corrected chi connectivity index (χ3v) is 3.69. The van der Waals surface area contributed by atoms with E-state index in [2.05, 4.69) is 11.2 Å². The molecule has 1 aliphatic rings. The molecule has 2 amide bonds. The van der Waals surface area contributed by atoms with Crippen molar-refractivity contribution in [2.45, 2.75) is 38.5 Å². The quantitative estimate of drug-likeness (QED) is 0.868. The standard InChI is InChI=1S/C17H22N2O2/c1-4-8-16(15-9-6-5-7-10-15)18-17(20)19-11-14(3)21-12-13(19)2/h1,5-7,9-10,13-14,16H,8,11-12H2,2-3H3,(H,18,20)/t13-,14-,16-/m0/s1. The van der Waals surface area contributed by atoms with Crippen molar-refractivity contribution in [3.8, 4) is 12.3 Å². The molecule has 0 radical (unpaired) electrons. The van der Waals surface area contributed by atoms with E-state index >= 15 is 0 Å². The Morgan fingerprint density at radius 2 is 2.19 bits per heavy atom. The summed E-state index contributed by atoms with van der Waals surface area (Å²) < 4.78 is 5.55. The van der Waals surface area contributed by atoms with Gasteiger partial charge >= 0.3 is 6.03 Å². The summed E-state index contributed by atoms with van der Waals surface area (Å²) >= 11 is 0.